The molecule has 0 spiro atoms. The Morgan fingerprint density at radius 2 is 2.19 bits per heavy atom. The molecule has 0 amide bonds. The third kappa shape index (κ3) is 6.83. The zero-order chi connectivity index (χ0) is 18.4. The van der Waals surface area contributed by atoms with Gasteiger partial charge in [0.2, 0.25) is 0 Å². The van der Waals surface area contributed by atoms with E-state index in [4.69, 9.17) is 9.47 Å². The number of likely N-dealkylation sites (tertiary alicyclic amines) is 1. The smallest absolute Gasteiger partial charge is 0.193 e. The number of guanidine groups is 1. The second-order valence-corrected chi connectivity index (χ2v) is 8.28. The molecule has 8 heteroatoms. The fraction of sp³-hybridized carbons (Fsp3) is 0.789. The van der Waals surface area contributed by atoms with Gasteiger partial charge >= 0.3 is 0 Å². The number of aliphatic imine (C=N–C) groups is 1. The first kappa shape index (κ1) is 22.8. The molecule has 0 bridgehead atoms. The van der Waals surface area contributed by atoms with Crippen molar-refractivity contribution in [1.29, 1.82) is 0 Å². The number of nitrogens with one attached hydrogen (secondary N) is 1. The van der Waals surface area contributed by atoms with Gasteiger partial charge in [0.25, 0.3) is 0 Å². The topological polar surface area (TPSA) is 59.0 Å². The van der Waals surface area contributed by atoms with E-state index in [2.05, 4.69) is 39.4 Å². The Kier molecular flexibility index (Phi) is 9.75. The maximum Gasteiger partial charge on any atom is 0.193 e. The van der Waals surface area contributed by atoms with Crippen molar-refractivity contribution >= 4 is 41.3 Å². The second-order valence-electron chi connectivity index (χ2n) is 7.39. The molecular weight excluding hydrogens is 475 g/mol. The summed E-state index contributed by atoms with van der Waals surface area (Å²) >= 11 is 1.74. The summed E-state index contributed by atoms with van der Waals surface area (Å²) < 4.78 is 11.7. The van der Waals surface area contributed by atoms with Crippen LogP contribution in [-0.4, -0.2) is 61.4 Å². The normalized spacial score (nSPS) is 21.6. The van der Waals surface area contributed by atoms with Gasteiger partial charge in [-0.05, 0) is 25.7 Å². The molecule has 3 heterocycles. The number of piperidine rings is 1. The molecule has 2 aliphatic heterocycles. The Morgan fingerprint density at radius 3 is 2.78 bits per heavy atom. The predicted octanol–water partition coefficient (Wildman–Crippen LogP) is 3.62. The molecule has 0 aliphatic carbocycles. The summed E-state index contributed by atoms with van der Waals surface area (Å²) in [5, 5.41) is 6.79. The summed E-state index contributed by atoms with van der Waals surface area (Å²) in [4.78, 5) is 11.5. The maximum absolute atomic E-state index is 6.06. The van der Waals surface area contributed by atoms with Crippen LogP contribution >= 0.6 is 35.3 Å². The van der Waals surface area contributed by atoms with Crippen LogP contribution in [0.2, 0.25) is 0 Å². The van der Waals surface area contributed by atoms with E-state index >= 15 is 0 Å². The van der Waals surface area contributed by atoms with Crippen LogP contribution < -0.4 is 5.32 Å². The van der Waals surface area contributed by atoms with Crippen LogP contribution in [0.15, 0.2) is 10.4 Å². The molecule has 1 aromatic rings. The highest BCUT2D eigenvalue weighted by molar-refractivity contribution is 14.0. The van der Waals surface area contributed by atoms with E-state index in [0.29, 0.717) is 18.1 Å². The van der Waals surface area contributed by atoms with Gasteiger partial charge < -0.3 is 19.7 Å². The molecular formula is C19H33IN4O2S. The minimum Gasteiger partial charge on any atom is -0.376 e. The van der Waals surface area contributed by atoms with Gasteiger partial charge in [0.1, 0.15) is 0 Å². The summed E-state index contributed by atoms with van der Waals surface area (Å²) in [6.07, 6.45) is 5.07. The number of aromatic nitrogens is 1. The van der Waals surface area contributed by atoms with Gasteiger partial charge in [0.15, 0.2) is 5.96 Å². The number of hydrogen-bond donors (Lipinski definition) is 1. The van der Waals surface area contributed by atoms with E-state index in [1.807, 2.05) is 7.05 Å². The van der Waals surface area contributed by atoms with E-state index in [1.54, 1.807) is 11.3 Å². The highest BCUT2D eigenvalue weighted by Gasteiger charge is 2.24. The lowest BCUT2D eigenvalue weighted by molar-refractivity contribution is -0.0367. The largest absolute Gasteiger partial charge is 0.376 e. The van der Waals surface area contributed by atoms with E-state index < -0.39 is 0 Å². The Balaban J connectivity index is 0.00000261. The van der Waals surface area contributed by atoms with Crippen LogP contribution in [0, 0.1) is 0 Å². The molecule has 6 nitrogen and oxygen atoms in total. The molecule has 1 N–H and O–H groups in total. The highest BCUT2D eigenvalue weighted by Crippen LogP contribution is 2.20. The fourth-order valence-corrected chi connectivity index (χ4v) is 4.26. The van der Waals surface area contributed by atoms with E-state index in [-0.39, 0.29) is 24.0 Å². The lowest BCUT2D eigenvalue weighted by Crippen LogP contribution is -2.47. The lowest BCUT2D eigenvalue weighted by Gasteiger charge is -2.34. The van der Waals surface area contributed by atoms with Gasteiger partial charge in [0, 0.05) is 38.0 Å². The van der Waals surface area contributed by atoms with Crippen LogP contribution in [0.5, 0.6) is 0 Å². The van der Waals surface area contributed by atoms with Crippen molar-refractivity contribution in [3.63, 3.8) is 0 Å². The summed E-state index contributed by atoms with van der Waals surface area (Å²) in [5.74, 6) is 1.45. The SMILES string of the molecule is CN=C(NCc1csc(C(C)C)n1)N1CCC(OCC2CCCO2)CC1.I. The van der Waals surface area contributed by atoms with Crippen molar-refractivity contribution in [2.24, 2.45) is 4.99 Å². The maximum atomic E-state index is 6.06. The van der Waals surface area contributed by atoms with Crippen LogP contribution in [0.4, 0.5) is 0 Å². The molecule has 3 rings (SSSR count). The lowest BCUT2D eigenvalue weighted by atomic mass is 10.1. The number of thiazole rings is 1. The molecule has 0 saturated carbocycles. The minimum absolute atomic E-state index is 0. The van der Waals surface area contributed by atoms with Crippen molar-refractivity contribution in [3.05, 3.63) is 16.1 Å². The van der Waals surface area contributed by atoms with Crippen LogP contribution in [0.3, 0.4) is 0 Å². The summed E-state index contributed by atoms with van der Waals surface area (Å²) in [6, 6.07) is 0. The molecule has 154 valence electrons. The Bertz CT molecular complexity index is 582. The average Bonchev–Trinajstić information content (AvgIpc) is 3.33. The van der Waals surface area contributed by atoms with Crippen molar-refractivity contribution in [2.45, 2.75) is 64.2 Å². The fourth-order valence-electron chi connectivity index (χ4n) is 3.42. The first-order chi connectivity index (χ1) is 12.7. The molecule has 2 fully saturated rings. The van der Waals surface area contributed by atoms with Gasteiger partial charge in [-0.2, -0.15) is 0 Å². The average molecular weight is 508 g/mol. The Hall–Kier alpha value is -0.450. The standard InChI is InChI=1S/C19H32N4O2S.HI/c1-14(2)18-22-15(13-26-18)11-21-19(20-3)23-8-6-16(7-9-23)25-12-17-5-4-10-24-17;/h13-14,16-17H,4-12H2,1-3H3,(H,20,21);1H. The van der Waals surface area contributed by atoms with Crippen molar-refractivity contribution in [3.8, 4) is 0 Å². The van der Waals surface area contributed by atoms with Gasteiger partial charge in [-0.3, -0.25) is 4.99 Å². The summed E-state index contributed by atoms with van der Waals surface area (Å²) in [7, 11) is 1.85. The van der Waals surface area contributed by atoms with Gasteiger partial charge in [0.05, 0.1) is 36.1 Å². The molecule has 27 heavy (non-hydrogen) atoms. The number of nitrogens with zero attached hydrogens (tertiary/aromatic N) is 3. The predicted molar refractivity (Wildman–Crippen MR) is 121 cm³/mol. The van der Waals surface area contributed by atoms with E-state index in [9.17, 15) is 0 Å². The minimum atomic E-state index is 0. The van der Waals surface area contributed by atoms with Gasteiger partial charge in [-0.15, -0.1) is 35.3 Å². The molecule has 0 radical (unpaired) electrons. The summed E-state index contributed by atoms with van der Waals surface area (Å²) in [5.41, 5.74) is 1.09. The van der Waals surface area contributed by atoms with Gasteiger partial charge in [-0.25, -0.2) is 4.98 Å². The molecule has 0 aromatic carbocycles. The molecule has 2 aliphatic rings. The third-order valence-electron chi connectivity index (χ3n) is 4.99. The number of ether oxygens (including phenoxy) is 2. The van der Waals surface area contributed by atoms with E-state index in [0.717, 1.165) is 63.8 Å². The van der Waals surface area contributed by atoms with Gasteiger partial charge in [-0.1, -0.05) is 13.8 Å². The van der Waals surface area contributed by atoms with Crippen molar-refractivity contribution in [2.75, 3.05) is 33.4 Å². The zero-order valence-corrected chi connectivity index (χ0v) is 19.8. The zero-order valence-electron chi connectivity index (χ0n) is 16.6. The Labute approximate surface area is 184 Å². The van der Waals surface area contributed by atoms with E-state index in [1.165, 1.54) is 11.4 Å². The van der Waals surface area contributed by atoms with Crippen LogP contribution in [-0.2, 0) is 16.0 Å². The Morgan fingerprint density at radius 1 is 1.41 bits per heavy atom. The number of halogens is 1. The first-order valence-corrected chi connectivity index (χ1v) is 10.7. The number of hydrogen-bond acceptors (Lipinski definition) is 5. The first-order valence-electron chi connectivity index (χ1n) is 9.78. The second kappa shape index (κ2) is 11.5. The third-order valence-corrected chi connectivity index (χ3v) is 6.18. The number of rotatable bonds is 6. The van der Waals surface area contributed by atoms with Crippen LogP contribution in [0.25, 0.3) is 0 Å². The molecule has 2 saturated heterocycles. The van der Waals surface area contributed by atoms with Crippen molar-refractivity contribution in [1.82, 2.24) is 15.2 Å². The molecule has 1 atom stereocenters. The summed E-state index contributed by atoms with van der Waals surface area (Å²) in [6.45, 7) is 8.69. The molecule has 1 aromatic heterocycles. The molecule has 1 unspecified atom stereocenters. The van der Waals surface area contributed by atoms with Crippen molar-refractivity contribution < 1.29 is 9.47 Å². The monoisotopic (exact) mass is 508 g/mol. The highest BCUT2D eigenvalue weighted by atomic mass is 127. The quantitative estimate of drug-likeness (QED) is 0.362. The van der Waals surface area contributed by atoms with Crippen LogP contribution in [0.1, 0.15) is 56.2 Å².